The molecule has 0 atom stereocenters. The monoisotopic (exact) mass is 512 g/mol. The molecule has 1 aliphatic rings. The standard InChI is InChI=1S/C30H25FN2O3S/c31-25-17-15-22(16-18-25)19-20-32-30(34)29-28(24-11-5-2-6-12-24)26-13-7-8-14-27(26)33(37(29,35)36)21-23-9-3-1-4-10-23/h1-18H,19-21H2,(H,32,34). The number of anilines is 1. The van der Waals surface area contributed by atoms with Gasteiger partial charge in [-0.05, 0) is 41.3 Å². The number of benzene rings is 4. The van der Waals surface area contributed by atoms with Crippen LogP contribution in [0.2, 0.25) is 0 Å². The van der Waals surface area contributed by atoms with E-state index in [2.05, 4.69) is 5.32 Å². The Bertz CT molecular complexity index is 1550. The molecule has 37 heavy (non-hydrogen) atoms. The zero-order valence-corrected chi connectivity index (χ0v) is 20.8. The van der Waals surface area contributed by atoms with Crippen LogP contribution in [0.25, 0.3) is 5.57 Å². The lowest BCUT2D eigenvalue weighted by Gasteiger charge is -2.33. The largest absolute Gasteiger partial charge is 0.351 e. The third-order valence-corrected chi connectivity index (χ3v) is 8.08. The highest BCUT2D eigenvalue weighted by atomic mass is 32.2. The number of para-hydroxylation sites is 1. The van der Waals surface area contributed by atoms with Crippen molar-refractivity contribution in [1.82, 2.24) is 5.32 Å². The molecule has 4 aromatic carbocycles. The van der Waals surface area contributed by atoms with Gasteiger partial charge in [-0.1, -0.05) is 91.0 Å². The fourth-order valence-corrected chi connectivity index (χ4v) is 6.24. The minimum Gasteiger partial charge on any atom is -0.351 e. The maximum absolute atomic E-state index is 14.1. The molecule has 0 unspecified atom stereocenters. The van der Waals surface area contributed by atoms with Gasteiger partial charge in [0.1, 0.15) is 5.82 Å². The van der Waals surface area contributed by atoms with Crippen molar-refractivity contribution in [3.63, 3.8) is 0 Å². The Morgan fingerprint density at radius 2 is 1.38 bits per heavy atom. The number of fused-ring (bicyclic) bond motifs is 1. The van der Waals surface area contributed by atoms with E-state index in [0.717, 1.165) is 11.1 Å². The van der Waals surface area contributed by atoms with Crippen LogP contribution in [-0.2, 0) is 27.8 Å². The van der Waals surface area contributed by atoms with Crippen molar-refractivity contribution >= 4 is 27.2 Å². The quantitative estimate of drug-likeness (QED) is 0.366. The molecule has 0 saturated heterocycles. The third-order valence-electron chi connectivity index (χ3n) is 6.27. The summed E-state index contributed by atoms with van der Waals surface area (Å²) in [5, 5.41) is 2.79. The summed E-state index contributed by atoms with van der Waals surface area (Å²) in [6.07, 6.45) is 0.435. The molecule has 0 radical (unpaired) electrons. The van der Waals surface area contributed by atoms with Crippen LogP contribution in [0.5, 0.6) is 0 Å². The Labute approximate surface area is 215 Å². The van der Waals surface area contributed by atoms with Crippen LogP contribution < -0.4 is 9.62 Å². The number of sulfonamides is 1. The van der Waals surface area contributed by atoms with E-state index in [1.54, 1.807) is 36.4 Å². The van der Waals surface area contributed by atoms with Crippen molar-refractivity contribution < 1.29 is 17.6 Å². The summed E-state index contributed by atoms with van der Waals surface area (Å²) < 4.78 is 42.8. The van der Waals surface area contributed by atoms with E-state index < -0.39 is 15.9 Å². The molecule has 0 aromatic heterocycles. The molecular formula is C30H25FN2O3S. The summed E-state index contributed by atoms with van der Waals surface area (Å²) in [7, 11) is -4.22. The molecule has 186 valence electrons. The van der Waals surface area contributed by atoms with E-state index in [0.29, 0.717) is 28.8 Å². The first-order valence-electron chi connectivity index (χ1n) is 11.9. The molecule has 5 nitrogen and oxygen atoms in total. The molecule has 1 heterocycles. The molecule has 0 bridgehead atoms. The van der Waals surface area contributed by atoms with Crippen molar-refractivity contribution in [2.75, 3.05) is 10.8 Å². The van der Waals surface area contributed by atoms with Crippen LogP contribution in [0.1, 0.15) is 22.3 Å². The summed E-state index contributed by atoms with van der Waals surface area (Å²) in [4.78, 5) is 13.3. The van der Waals surface area contributed by atoms with Crippen molar-refractivity contribution in [2.24, 2.45) is 0 Å². The molecule has 0 aliphatic carbocycles. The molecular weight excluding hydrogens is 487 g/mol. The minimum absolute atomic E-state index is 0.0919. The number of nitrogens with zero attached hydrogens (tertiary/aromatic N) is 1. The lowest BCUT2D eigenvalue weighted by molar-refractivity contribution is -0.116. The van der Waals surface area contributed by atoms with Gasteiger partial charge in [0.2, 0.25) is 0 Å². The average molecular weight is 513 g/mol. The molecule has 5 rings (SSSR count). The number of carbonyl (C=O) groups excluding carboxylic acids is 1. The van der Waals surface area contributed by atoms with Gasteiger partial charge in [-0.15, -0.1) is 0 Å². The van der Waals surface area contributed by atoms with Crippen molar-refractivity contribution in [2.45, 2.75) is 13.0 Å². The van der Waals surface area contributed by atoms with E-state index in [9.17, 15) is 17.6 Å². The molecule has 0 fully saturated rings. The normalized spacial score (nSPS) is 14.2. The van der Waals surface area contributed by atoms with Gasteiger partial charge in [0, 0.05) is 17.7 Å². The second kappa shape index (κ2) is 10.4. The Hall–Kier alpha value is -4.23. The number of nitrogens with one attached hydrogen (secondary N) is 1. The number of amides is 1. The van der Waals surface area contributed by atoms with E-state index in [-0.39, 0.29) is 23.8 Å². The first-order chi connectivity index (χ1) is 17.9. The molecule has 0 spiro atoms. The van der Waals surface area contributed by atoms with Gasteiger partial charge in [0.25, 0.3) is 15.9 Å². The summed E-state index contributed by atoms with van der Waals surface area (Å²) in [6, 6.07) is 31.6. The third kappa shape index (κ3) is 5.04. The smallest absolute Gasteiger partial charge is 0.270 e. The predicted molar refractivity (Wildman–Crippen MR) is 144 cm³/mol. The fraction of sp³-hybridized carbons (Fsp3) is 0.100. The summed E-state index contributed by atoms with van der Waals surface area (Å²) >= 11 is 0. The number of carbonyl (C=O) groups is 1. The average Bonchev–Trinajstić information content (AvgIpc) is 2.92. The first-order valence-corrected chi connectivity index (χ1v) is 13.4. The Balaban J connectivity index is 1.58. The molecule has 1 amide bonds. The summed E-state index contributed by atoms with van der Waals surface area (Å²) in [5.41, 5.74) is 3.85. The van der Waals surface area contributed by atoms with Gasteiger partial charge in [-0.25, -0.2) is 12.8 Å². The number of halogens is 1. The molecule has 4 aromatic rings. The summed E-state index contributed by atoms with van der Waals surface area (Å²) in [5.74, 6) is -1.01. The van der Waals surface area contributed by atoms with Crippen LogP contribution in [0, 0.1) is 5.82 Å². The molecule has 1 aliphatic heterocycles. The van der Waals surface area contributed by atoms with Crippen molar-refractivity contribution in [3.05, 3.63) is 142 Å². The topological polar surface area (TPSA) is 66.5 Å². The van der Waals surface area contributed by atoms with Gasteiger partial charge in [-0.3, -0.25) is 9.10 Å². The van der Waals surface area contributed by atoms with Crippen molar-refractivity contribution in [1.29, 1.82) is 0 Å². The zero-order valence-electron chi connectivity index (χ0n) is 20.0. The molecule has 0 saturated carbocycles. The Morgan fingerprint density at radius 1 is 0.757 bits per heavy atom. The van der Waals surface area contributed by atoms with Gasteiger partial charge in [0.15, 0.2) is 4.91 Å². The zero-order chi connectivity index (χ0) is 25.8. The maximum atomic E-state index is 14.1. The Kier molecular flexibility index (Phi) is 6.88. The highest BCUT2D eigenvalue weighted by molar-refractivity contribution is 7.97. The van der Waals surface area contributed by atoms with Gasteiger partial charge in [0.05, 0.1) is 12.2 Å². The van der Waals surface area contributed by atoms with Crippen molar-refractivity contribution in [3.8, 4) is 0 Å². The number of hydrogen-bond acceptors (Lipinski definition) is 3. The van der Waals surface area contributed by atoms with Crippen LogP contribution in [0.3, 0.4) is 0 Å². The van der Waals surface area contributed by atoms with E-state index in [4.69, 9.17) is 0 Å². The highest BCUT2D eigenvalue weighted by Gasteiger charge is 2.41. The minimum atomic E-state index is -4.22. The lowest BCUT2D eigenvalue weighted by Crippen LogP contribution is -2.41. The van der Waals surface area contributed by atoms with E-state index in [1.165, 1.54) is 16.4 Å². The summed E-state index contributed by atoms with van der Waals surface area (Å²) in [6.45, 7) is 0.292. The van der Waals surface area contributed by atoms with Gasteiger partial charge >= 0.3 is 0 Å². The van der Waals surface area contributed by atoms with E-state index in [1.807, 2.05) is 60.7 Å². The highest BCUT2D eigenvalue weighted by Crippen LogP contribution is 2.43. The van der Waals surface area contributed by atoms with Crippen LogP contribution >= 0.6 is 0 Å². The molecule has 7 heteroatoms. The fourth-order valence-electron chi connectivity index (χ4n) is 4.49. The predicted octanol–water partition coefficient (Wildman–Crippen LogP) is 5.29. The molecule has 1 N–H and O–H groups in total. The van der Waals surface area contributed by atoms with Crippen LogP contribution in [0.4, 0.5) is 10.1 Å². The van der Waals surface area contributed by atoms with Crippen LogP contribution in [-0.4, -0.2) is 20.9 Å². The number of rotatable bonds is 7. The van der Waals surface area contributed by atoms with Crippen LogP contribution in [0.15, 0.2) is 114 Å². The Morgan fingerprint density at radius 3 is 2.08 bits per heavy atom. The second-order valence-corrected chi connectivity index (χ2v) is 10.5. The van der Waals surface area contributed by atoms with Gasteiger partial charge in [-0.2, -0.15) is 0 Å². The lowest BCUT2D eigenvalue weighted by atomic mass is 9.95. The van der Waals surface area contributed by atoms with Gasteiger partial charge < -0.3 is 5.32 Å². The SMILES string of the molecule is O=C(NCCc1ccc(F)cc1)C1=C(c2ccccc2)c2ccccc2N(Cc2ccccc2)S1(=O)=O. The second-order valence-electron chi connectivity index (χ2n) is 8.72. The maximum Gasteiger partial charge on any atom is 0.270 e. The number of hydrogen-bond donors (Lipinski definition) is 1. The first kappa shape index (κ1) is 24.5. The van der Waals surface area contributed by atoms with E-state index >= 15 is 0 Å².